The predicted molar refractivity (Wildman–Crippen MR) is 79.9 cm³/mol. The molecular weight excluding hydrogens is 272 g/mol. The van der Waals surface area contributed by atoms with E-state index < -0.39 is 6.61 Å². The number of aryl methyl sites for hydroxylation is 2. The number of para-hydroxylation sites is 1. The zero-order chi connectivity index (χ0) is 15.4. The second kappa shape index (κ2) is 6.68. The smallest absolute Gasteiger partial charge is 0.387 e. The molecule has 0 radical (unpaired) electrons. The summed E-state index contributed by atoms with van der Waals surface area (Å²) in [6, 6.07) is 12.8. The van der Waals surface area contributed by atoms with Crippen molar-refractivity contribution in [2.24, 2.45) is 0 Å². The minimum atomic E-state index is -2.83. The van der Waals surface area contributed by atoms with Gasteiger partial charge in [0.2, 0.25) is 0 Å². The number of halogens is 2. The van der Waals surface area contributed by atoms with Crippen LogP contribution < -0.4 is 10.1 Å². The van der Waals surface area contributed by atoms with Crippen LogP contribution in [0.1, 0.15) is 28.3 Å². The first kappa shape index (κ1) is 15.4. The van der Waals surface area contributed by atoms with Crippen LogP contribution in [0.3, 0.4) is 0 Å². The number of hydrogen-bond acceptors (Lipinski definition) is 2. The van der Waals surface area contributed by atoms with Crippen molar-refractivity contribution in [3.05, 3.63) is 64.7 Å². The van der Waals surface area contributed by atoms with E-state index in [0.29, 0.717) is 5.56 Å². The zero-order valence-electron chi connectivity index (χ0n) is 12.4. The Morgan fingerprint density at radius 3 is 2.33 bits per heavy atom. The predicted octanol–water partition coefficient (Wildman–Crippen LogP) is 4.21. The van der Waals surface area contributed by atoms with Crippen molar-refractivity contribution in [1.29, 1.82) is 0 Å². The molecule has 2 aromatic rings. The molecule has 0 saturated carbocycles. The lowest BCUT2D eigenvalue weighted by Gasteiger charge is -2.22. The molecule has 0 aliphatic heterocycles. The summed E-state index contributed by atoms with van der Waals surface area (Å²) in [6.07, 6.45) is 0. The number of alkyl halides is 2. The minimum Gasteiger partial charge on any atom is -0.434 e. The highest BCUT2D eigenvalue weighted by atomic mass is 19.3. The Kier molecular flexibility index (Phi) is 4.91. The summed E-state index contributed by atoms with van der Waals surface area (Å²) in [5, 5.41) is 3.18. The highest BCUT2D eigenvalue weighted by molar-refractivity contribution is 5.44. The first-order valence-electron chi connectivity index (χ1n) is 6.81. The van der Waals surface area contributed by atoms with Crippen LogP contribution in [0.2, 0.25) is 0 Å². The molecule has 0 amide bonds. The van der Waals surface area contributed by atoms with Gasteiger partial charge in [0.25, 0.3) is 0 Å². The largest absolute Gasteiger partial charge is 0.434 e. The van der Waals surface area contributed by atoms with E-state index in [4.69, 9.17) is 0 Å². The summed E-state index contributed by atoms with van der Waals surface area (Å²) in [4.78, 5) is 0. The fraction of sp³-hybridized carbons (Fsp3) is 0.294. The van der Waals surface area contributed by atoms with Gasteiger partial charge < -0.3 is 10.1 Å². The van der Waals surface area contributed by atoms with Gasteiger partial charge in [0.15, 0.2) is 0 Å². The molecule has 1 N–H and O–H groups in total. The molecule has 0 bridgehead atoms. The molecule has 1 atom stereocenters. The standard InChI is InChI=1S/C17H19F2NO/c1-11-8-9-13(12(2)10-11)16(20-3)14-6-4-5-7-15(14)21-17(18)19/h4-10,16-17,20H,1-3H3. The Hall–Kier alpha value is -1.94. The third-order valence-electron chi connectivity index (χ3n) is 3.47. The van der Waals surface area contributed by atoms with E-state index in [1.165, 1.54) is 5.56 Å². The fourth-order valence-electron chi connectivity index (χ4n) is 2.55. The van der Waals surface area contributed by atoms with Gasteiger partial charge in [-0.1, -0.05) is 42.0 Å². The second-order valence-corrected chi connectivity index (χ2v) is 5.00. The molecule has 2 nitrogen and oxygen atoms in total. The maximum absolute atomic E-state index is 12.6. The van der Waals surface area contributed by atoms with E-state index in [0.717, 1.165) is 11.1 Å². The third-order valence-corrected chi connectivity index (χ3v) is 3.47. The maximum atomic E-state index is 12.6. The van der Waals surface area contributed by atoms with E-state index in [1.807, 2.05) is 39.1 Å². The topological polar surface area (TPSA) is 21.3 Å². The normalized spacial score (nSPS) is 12.5. The van der Waals surface area contributed by atoms with Gasteiger partial charge in [0.05, 0.1) is 6.04 Å². The fourth-order valence-corrected chi connectivity index (χ4v) is 2.55. The molecule has 21 heavy (non-hydrogen) atoms. The molecule has 0 spiro atoms. The van der Waals surface area contributed by atoms with Crippen molar-refractivity contribution in [2.45, 2.75) is 26.5 Å². The van der Waals surface area contributed by atoms with Crippen LogP contribution in [0.4, 0.5) is 8.78 Å². The molecule has 4 heteroatoms. The Labute approximate surface area is 123 Å². The second-order valence-electron chi connectivity index (χ2n) is 5.00. The van der Waals surface area contributed by atoms with Crippen LogP contribution in [0.15, 0.2) is 42.5 Å². The molecule has 0 fully saturated rings. The van der Waals surface area contributed by atoms with E-state index in [9.17, 15) is 8.78 Å². The van der Waals surface area contributed by atoms with Crippen molar-refractivity contribution in [3.63, 3.8) is 0 Å². The molecule has 0 aromatic heterocycles. The average Bonchev–Trinajstić information content (AvgIpc) is 2.43. The third kappa shape index (κ3) is 3.58. The van der Waals surface area contributed by atoms with Gasteiger partial charge in [-0.05, 0) is 38.1 Å². The van der Waals surface area contributed by atoms with Crippen LogP contribution in [0.5, 0.6) is 5.75 Å². The summed E-state index contributed by atoms with van der Waals surface area (Å²) >= 11 is 0. The van der Waals surface area contributed by atoms with Gasteiger partial charge in [-0.15, -0.1) is 0 Å². The molecule has 112 valence electrons. The van der Waals surface area contributed by atoms with Crippen molar-refractivity contribution >= 4 is 0 Å². The zero-order valence-corrected chi connectivity index (χ0v) is 12.4. The number of nitrogens with one attached hydrogen (secondary N) is 1. The highest BCUT2D eigenvalue weighted by Crippen LogP contribution is 2.32. The SMILES string of the molecule is CNC(c1ccc(C)cc1C)c1ccccc1OC(F)F. The Bertz CT molecular complexity index is 613. The van der Waals surface area contributed by atoms with Gasteiger partial charge in [-0.25, -0.2) is 0 Å². The lowest BCUT2D eigenvalue weighted by atomic mass is 9.93. The highest BCUT2D eigenvalue weighted by Gasteiger charge is 2.19. The van der Waals surface area contributed by atoms with E-state index >= 15 is 0 Å². The van der Waals surface area contributed by atoms with Crippen LogP contribution >= 0.6 is 0 Å². The Morgan fingerprint density at radius 1 is 1.00 bits per heavy atom. The first-order valence-corrected chi connectivity index (χ1v) is 6.81. The maximum Gasteiger partial charge on any atom is 0.387 e. The van der Waals surface area contributed by atoms with Gasteiger partial charge in [-0.3, -0.25) is 0 Å². The van der Waals surface area contributed by atoms with Gasteiger partial charge >= 0.3 is 6.61 Å². The van der Waals surface area contributed by atoms with Crippen molar-refractivity contribution in [2.75, 3.05) is 7.05 Å². The van der Waals surface area contributed by atoms with Gasteiger partial charge in [0, 0.05) is 5.56 Å². The van der Waals surface area contributed by atoms with Crippen LogP contribution in [-0.4, -0.2) is 13.7 Å². The van der Waals surface area contributed by atoms with Crippen molar-refractivity contribution in [3.8, 4) is 5.75 Å². The quantitative estimate of drug-likeness (QED) is 0.891. The van der Waals surface area contributed by atoms with Gasteiger partial charge in [0.1, 0.15) is 5.75 Å². The number of ether oxygens (including phenoxy) is 1. The summed E-state index contributed by atoms with van der Waals surface area (Å²) in [6.45, 7) is 1.21. The Balaban J connectivity index is 2.46. The summed E-state index contributed by atoms with van der Waals surface area (Å²) in [5.41, 5.74) is 4.03. The number of benzene rings is 2. The lowest BCUT2D eigenvalue weighted by molar-refractivity contribution is -0.0506. The van der Waals surface area contributed by atoms with Crippen molar-refractivity contribution < 1.29 is 13.5 Å². The molecule has 0 heterocycles. The number of rotatable bonds is 5. The molecule has 0 aliphatic rings. The lowest BCUT2D eigenvalue weighted by Crippen LogP contribution is -2.20. The van der Waals surface area contributed by atoms with Crippen LogP contribution in [0, 0.1) is 13.8 Å². The van der Waals surface area contributed by atoms with Crippen molar-refractivity contribution in [1.82, 2.24) is 5.32 Å². The van der Waals surface area contributed by atoms with Crippen LogP contribution in [-0.2, 0) is 0 Å². The summed E-state index contributed by atoms with van der Waals surface area (Å²) < 4.78 is 29.8. The Morgan fingerprint density at radius 2 is 1.71 bits per heavy atom. The summed E-state index contributed by atoms with van der Waals surface area (Å²) in [5.74, 6) is 0.201. The average molecular weight is 291 g/mol. The van der Waals surface area contributed by atoms with Gasteiger partial charge in [-0.2, -0.15) is 8.78 Å². The first-order chi connectivity index (χ1) is 10.0. The van der Waals surface area contributed by atoms with E-state index in [1.54, 1.807) is 18.2 Å². The summed E-state index contributed by atoms with van der Waals surface area (Å²) in [7, 11) is 1.81. The monoisotopic (exact) mass is 291 g/mol. The minimum absolute atomic E-state index is 0.194. The molecule has 1 unspecified atom stereocenters. The molecule has 0 saturated heterocycles. The number of hydrogen-bond donors (Lipinski definition) is 1. The molecule has 2 aromatic carbocycles. The van der Waals surface area contributed by atoms with E-state index in [-0.39, 0.29) is 11.8 Å². The molecular formula is C17H19F2NO. The molecule has 2 rings (SSSR count). The van der Waals surface area contributed by atoms with E-state index in [2.05, 4.69) is 16.1 Å². The van der Waals surface area contributed by atoms with Crippen LogP contribution in [0.25, 0.3) is 0 Å². The molecule has 0 aliphatic carbocycles.